The molecule has 1 heterocycles. The van der Waals surface area contributed by atoms with Gasteiger partial charge in [0.1, 0.15) is 5.82 Å². The zero-order chi connectivity index (χ0) is 14.0. The largest absolute Gasteiger partial charge is 0.363 e. The zero-order valence-electron chi connectivity index (χ0n) is 10.9. The first-order chi connectivity index (χ1) is 9.04. The Morgan fingerprint density at radius 1 is 1.42 bits per heavy atom. The van der Waals surface area contributed by atoms with Crippen LogP contribution in [0.15, 0.2) is 34.8 Å². The third-order valence-electron chi connectivity index (χ3n) is 3.13. The predicted molar refractivity (Wildman–Crippen MR) is 83.4 cm³/mol. The molecule has 0 bridgehead atoms. The Kier molecular flexibility index (Phi) is 4.60. The van der Waals surface area contributed by atoms with Gasteiger partial charge in [-0.05, 0) is 41.1 Å². The monoisotopic (exact) mass is 342 g/mol. The minimum atomic E-state index is -0.226. The zero-order valence-corrected chi connectivity index (χ0v) is 13.3. The number of hydrogen-bond donors (Lipinski definition) is 1. The van der Waals surface area contributed by atoms with E-state index in [1.54, 1.807) is 23.5 Å². The van der Waals surface area contributed by atoms with Gasteiger partial charge >= 0.3 is 0 Å². The van der Waals surface area contributed by atoms with Crippen molar-refractivity contribution in [2.45, 2.75) is 13.0 Å². The fourth-order valence-corrected chi connectivity index (χ4v) is 3.73. The number of thiophene rings is 1. The van der Waals surface area contributed by atoms with Crippen LogP contribution in [0.3, 0.4) is 0 Å². The first kappa shape index (κ1) is 14.5. The molecule has 0 aliphatic rings. The smallest absolute Gasteiger partial charge is 0.146 e. The van der Waals surface area contributed by atoms with Crippen molar-refractivity contribution in [3.05, 3.63) is 50.4 Å². The summed E-state index contributed by atoms with van der Waals surface area (Å²) in [5.74, 6) is -0.226. The van der Waals surface area contributed by atoms with Crippen LogP contribution >= 0.6 is 27.3 Å². The van der Waals surface area contributed by atoms with E-state index in [0.717, 1.165) is 9.35 Å². The summed E-state index contributed by atoms with van der Waals surface area (Å²) >= 11 is 5.20. The lowest BCUT2D eigenvalue weighted by Gasteiger charge is -2.28. The maximum Gasteiger partial charge on any atom is 0.146 e. The Balaban J connectivity index is 2.34. The molecule has 1 aromatic heterocycles. The van der Waals surface area contributed by atoms with Gasteiger partial charge in [0.15, 0.2) is 0 Å². The maximum atomic E-state index is 13.8. The summed E-state index contributed by atoms with van der Waals surface area (Å²) in [6.45, 7) is 2.49. The molecule has 102 valence electrons. The quantitative estimate of drug-likeness (QED) is 0.906. The Labute approximate surface area is 125 Å². The Morgan fingerprint density at radius 3 is 2.63 bits per heavy atom. The number of nitrogens with zero attached hydrogens (tertiary/aromatic N) is 1. The van der Waals surface area contributed by atoms with Crippen molar-refractivity contribution in [3.8, 4) is 0 Å². The normalized spacial score (nSPS) is 12.5. The summed E-state index contributed by atoms with van der Waals surface area (Å²) in [5.41, 5.74) is 6.45. The van der Waals surface area contributed by atoms with Gasteiger partial charge in [-0.1, -0.05) is 12.1 Å². The van der Waals surface area contributed by atoms with Crippen LogP contribution < -0.4 is 10.6 Å². The van der Waals surface area contributed by atoms with Crippen LogP contribution in [0.5, 0.6) is 0 Å². The summed E-state index contributed by atoms with van der Waals surface area (Å²) in [6.07, 6.45) is 0. The Hall–Kier alpha value is -0.910. The average molecular weight is 343 g/mol. The third kappa shape index (κ3) is 2.99. The molecule has 1 atom stereocenters. The molecule has 0 fully saturated rings. The molecule has 0 spiro atoms. The number of nitrogens with two attached hydrogens (primary N) is 1. The van der Waals surface area contributed by atoms with Crippen molar-refractivity contribution in [3.63, 3.8) is 0 Å². The Morgan fingerprint density at radius 2 is 2.11 bits per heavy atom. The van der Waals surface area contributed by atoms with Gasteiger partial charge in [-0.2, -0.15) is 0 Å². The van der Waals surface area contributed by atoms with E-state index in [4.69, 9.17) is 5.73 Å². The second-order valence-electron chi connectivity index (χ2n) is 4.37. The van der Waals surface area contributed by atoms with Crippen LogP contribution in [0.4, 0.5) is 10.1 Å². The van der Waals surface area contributed by atoms with E-state index in [0.29, 0.717) is 12.2 Å². The van der Waals surface area contributed by atoms with E-state index < -0.39 is 0 Å². The lowest BCUT2D eigenvalue weighted by Crippen LogP contribution is -2.30. The number of para-hydroxylation sites is 1. The van der Waals surface area contributed by atoms with Crippen LogP contribution in [0.1, 0.15) is 15.8 Å². The van der Waals surface area contributed by atoms with Gasteiger partial charge in [-0.25, -0.2) is 4.39 Å². The van der Waals surface area contributed by atoms with Gasteiger partial charge in [0.2, 0.25) is 0 Å². The number of rotatable bonds is 4. The highest BCUT2D eigenvalue weighted by molar-refractivity contribution is 9.10. The van der Waals surface area contributed by atoms with E-state index in [1.165, 1.54) is 10.9 Å². The van der Waals surface area contributed by atoms with E-state index >= 15 is 0 Å². The minimum Gasteiger partial charge on any atom is -0.363 e. The van der Waals surface area contributed by atoms with Gasteiger partial charge < -0.3 is 10.6 Å². The summed E-state index contributed by atoms with van der Waals surface area (Å²) in [5, 5.41) is 0. The Bertz CT molecular complexity index is 551. The fourth-order valence-electron chi connectivity index (χ4n) is 2.02. The maximum absolute atomic E-state index is 13.8. The van der Waals surface area contributed by atoms with E-state index in [-0.39, 0.29) is 11.9 Å². The number of hydrogen-bond acceptors (Lipinski definition) is 3. The molecule has 2 N–H and O–H groups in total. The summed E-state index contributed by atoms with van der Waals surface area (Å²) in [6, 6.07) is 8.80. The van der Waals surface area contributed by atoms with Crippen LogP contribution in [-0.4, -0.2) is 13.6 Å². The highest BCUT2D eigenvalue weighted by Crippen LogP contribution is 2.34. The van der Waals surface area contributed by atoms with Crippen LogP contribution in [0.25, 0.3) is 0 Å². The molecule has 2 nitrogen and oxygen atoms in total. The van der Waals surface area contributed by atoms with Gasteiger partial charge in [0.05, 0.1) is 11.7 Å². The fraction of sp³-hybridized carbons (Fsp3) is 0.286. The molecule has 0 saturated heterocycles. The molecular formula is C14H16BrFN2S. The molecule has 1 aromatic carbocycles. The van der Waals surface area contributed by atoms with Crippen molar-refractivity contribution in [1.82, 2.24) is 0 Å². The molecule has 0 saturated carbocycles. The summed E-state index contributed by atoms with van der Waals surface area (Å²) in [7, 11) is 1.87. The standard InChI is InChI=1S/C14H16BrFN2S/c1-9-10(15)7-14(19-9)13(8-17)18(2)12-6-4-3-5-11(12)16/h3-7,13H,8,17H2,1-2H3. The second kappa shape index (κ2) is 6.03. The van der Waals surface area contributed by atoms with Gasteiger partial charge in [-0.15, -0.1) is 11.3 Å². The number of benzene rings is 1. The van der Waals surface area contributed by atoms with E-state index in [9.17, 15) is 4.39 Å². The highest BCUT2D eigenvalue weighted by Gasteiger charge is 2.20. The lowest BCUT2D eigenvalue weighted by atomic mass is 10.2. The molecule has 5 heteroatoms. The molecule has 2 aromatic rings. The van der Waals surface area contributed by atoms with Crippen molar-refractivity contribution in [2.75, 3.05) is 18.5 Å². The summed E-state index contributed by atoms with van der Waals surface area (Å²) in [4.78, 5) is 4.24. The lowest BCUT2D eigenvalue weighted by molar-refractivity contribution is 0.605. The minimum absolute atomic E-state index is 0.0214. The first-order valence-electron chi connectivity index (χ1n) is 5.98. The van der Waals surface area contributed by atoms with Gasteiger partial charge in [0, 0.05) is 27.8 Å². The van der Waals surface area contributed by atoms with Crippen LogP contribution in [-0.2, 0) is 0 Å². The van der Waals surface area contributed by atoms with Crippen LogP contribution in [0.2, 0.25) is 0 Å². The topological polar surface area (TPSA) is 29.3 Å². The predicted octanol–water partition coefficient (Wildman–Crippen LogP) is 4.09. The average Bonchev–Trinajstić information content (AvgIpc) is 2.70. The summed E-state index contributed by atoms with van der Waals surface area (Å²) < 4.78 is 14.9. The molecule has 0 aliphatic carbocycles. The first-order valence-corrected chi connectivity index (χ1v) is 7.58. The molecule has 0 radical (unpaired) electrons. The van der Waals surface area contributed by atoms with E-state index in [1.807, 2.05) is 18.0 Å². The number of anilines is 1. The molecular weight excluding hydrogens is 327 g/mol. The van der Waals surface area contributed by atoms with Gasteiger partial charge in [0.25, 0.3) is 0 Å². The molecule has 0 amide bonds. The van der Waals surface area contributed by atoms with Crippen molar-refractivity contribution >= 4 is 33.0 Å². The second-order valence-corrected chi connectivity index (χ2v) is 6.51. The third-order valence-corrected chi connectivity index (χ3v) is 5.37. The molecule has 0 aliphatic heterocycles. The van der Waals surface area contributed by atoms with Gasteiger partial charge in [-0.3, -0.25) is 0 Å². The molecule has 2 rings (SSSR count). The van der Waals surface area contributed by atoms with E-state index in [2.05, 4.69) is 28.9 Å². The number of halogens is 2. The van der Waals surface area contributed by atoms with Crippen LogP contribution in [0, 0.1) is 12.7 Å². The number of aryl methyl sites for hydroxylation is 1. The van der Waals surface area contributed by atoms with Crippen molar-refractivity contribution < 1.29 is 4.39 Å². The SMILES string of the molecule is Cc1sc(C(CN)N(C)c2ccccc2F)cc1Br. The van der Waals surface area contributed by atoms with Crippen molar-refractivity contribution in [2.24, 2.45) is 5.73 Å². The molecule has 1 unspecified atom stereocenters. The number of likely N-dealkylation sites (N-methyl/N-ethyl adjacent to an activating group) is 1. The molecule has 19 heavy (non-hydrogen) atoms. The van der Waals surface area contributed by atoms with Crippen molar-refractivity contribution in [1.29, 1.82) is 0 Å². The highest BCUT2D eigenvalue weighted by atomic mass is 79.9.